The van der Waals surface area contributed by atoms with Crippen LogP contribution < -0.4 is 22.1 Å². The molecule has 0 aromatic rings. The molecule has 0 bridgehead atoms. The van der Waals surface area contributed by atoms with Gasteiger partial charge >= 0.3 is 6.03 Å². The predicted octanol–water partition coefficient (Wildman–Crippen LogP) is -2.53. The van der Waals surface area contributed by atoms with Crippen molar-refractivity contribution in [1.29, 1.82) is 0 Å². The van der Waals surface area contributed by atoms with E-state index in [0.29, 0.717) is 0 Å². The lowest BCUT2D eigenvalue weighted by molar-refractivity contribution is -0.121. The van der Waals surface area contributed by atoms with Crippen molar-refractivity contribution in [2.75, 3.05) is 6.54 Å². The van der Waals surface area contributed by atoms with Gasteiger partial charge in [0.05, 0.1) is 6.54 Å². The first-order valence-electron chi connectivity index (χ1n) is 3.27. The van der Waals surface area contributed by atoms with Crippen LogP contribution in [0.5, 0.6) is 0 Å². The second kappa shape index (κ2) is 3.18. The summed E-state index contributed by atoms with van der Waals surface area (Å²) in [5, 5.41) is 4.41. The molecule has 1 aliphatic rings. The Hall–Kier alpha value is -1.63. The van der Waals surface area contributed by atoms with Crippen LogP contribution in [0.1, 0.15) is 0 Å². The van der Waals surface area contributed by atoms with E-state index in [1.165, 1.54) is 0 Å². The molecule has 7 nitrogen and oxygen atoms in total. The monoisotopic (exact) mass is 171 g/mol. The SMILES string of the molecule is NC(=O)NC1=NC[C@@H](N)C(=O)N1. The normalized spacial score (nSPS) is 22.6. The van der Waals surface area contributed by atoms with Crippen molar-refractivity contribution in [2.45, 2.75) is 6.04 Å². The van der Waals surface area contributed by atoms with Gasteiger partial charge in [-0.05, 0) is 0 Å². The second-order valence-electron chi connectivity index (χ2n) is 2.27. The molecule has 0 aromatic carbocycles. The first-order valence-corrected chi connectivity index (χ1v) is 3.27. The third-order valence-corrected chi connectivity index (χ3v) is 1.27. The van der Waals surface area contributed by atoms with Crippen molar-refractivity contribution in [3.63, 3.8) is 0 Å². The molecule has 1 rings (SSSR count). The van der Waals surface area contributed by atoms with Gasteiger partial charge in [-0.15, -0.1) is 0 Å². The minimum atomic E-state index is -0.774. The molecule has 0 fully saturated rings. The fourth-order valence-corrected chi connectivity index (χ4v) is 0.709. The fourth-order valence-electron chi connectivity index (χ4n) is 0.709. The summed E-state index contributed by atoms with van der Waals surface area (Å²) in [6.45, 7) is 0.154. The van der Waals surface area contributed by atoms with Crippen molar-refractivity contribution in [2.24, 2.45) is 16.5 Å². The van der Waals surface area contributed by atoms with Gasteiger partial charge in [0.1, 0.15) is 6.04 Å². The van der Waals surface area contributed by atoms with E-state index in [2.05, 4.69) is 15.6 Å². The highest BCUT2D eigenvalue weighted by molar-refractivity contribution is 6.06. The lowest BCUT2D eigenvalue weighted by Crippen LogP contribution is -2.55. The minimum absolute atomic E-state index is 0.0502. The first-order chi connectivity index (χ1) is 5.59. The van der Waals surface area contributed by atoms with E-state index in [1.807, 2.05) is 0 Å². The number of nitrogens with zero attached hydrogens (tertiary/aromatic N) is 1. The molecule has 0 radical (unpaired) electrons. The quantitative estimate of drug-likeness (QED) is 0.321. The highest BCUT2D eigenvalue weighted by atomic mass is 16.2. The van der Waals surface area contributed by atoms with Crippen LogP contribution in [0.3, 0.4) is 0 Å². The summed E-state index contributed by atoms with van der Waals surface area (Å²) < 4.78 is 0. The number of urea groups is 1. The average molecular weight is 171 g/mol. The van der Waals surface area contributed by atoms with Gasteiger partial charge in [-0.2, -0.15) is 0 Å². The molecule has 7 heteroatoms. The Morgan fingerprint density at radius 1 is 1.75 bits per heavy atom. The van der Waals surface area contributed by atoms with Crippen LogP contribution in [0.2, 0.25) is 0 Å². The van der Waals surface area contributed by atoms with Gasteiger partial charge in [0, 0.05) is 0 Å². The number of carbonyl (C=O) groups is 2. The molecule has 0 unspecified atom stereocenters. The number of nitrogens with one attached hydrogen (secondary N) is 2. The smallest absolute Gasteiger partial charge is 0.318 e. The van der Waals surface area contributed by atoms with Gasteiger partial charge in [0.2, 0.25) is 11.9 Å². The Labute approximate surface area is 68.2 Å². The molecule has 6 N–H and O–H groups in total. The standard InChI is InChI=1S/C5H9N5O2/c6-2-1-8-5(9-3(2)11)10-4(7)12/h2H,1,6H2,(H4,7,8,9,10,11,12)/t2-/m1/s1. The van der Waals surface area contributed by atoms with Crippen LogP contribution in [-0.2, 0) is 4.79 Å². The molecular formula is C5H9N5O2. The van der Waals surface area contributed by atoms with Gasteiger partial charge in [-0.25, -0.2) is 4.79 Å². The zero-order valence-corrected chi connectivity index (χ0v) is 6.20. The third-order valence-electron chi connectivity index (χ3n) is 1.27. The summed E-state index contributed by atoms with van der Waals surface area (Å²) in [6.07, 6.45) is 0. The van der Waals surface area contributed by atoms with Crippen LogP contribution >= 0.6 is 0 Å². The lowest BCUT2D eigenvalue weighted by Gasteiger charge is -2.17. The number of guanidine groups is 1. The van der Waals surface area contributed by atoms with Crippen molar-refractivity contribution in [1.82, 2.24) is 10.6 Å². The zero-order chi connectivity index (χ0) is 9.14. The van der Waals surface area contributed by atoms with Crippen molar-refractivity contribution < 1.29 is 9.59 Å². The lowest BCUT2D eigenvalue weighted by atomic mass is 10.3. The zero-order valence-electron chi connectivity index (χ0n) is 6.20. The van der Waals surface area contributed by atoms with Gasteiger partial charge in [-0.3, -0.25) is 20.4 Å². The third kappa shape index (κ3) is 1.92. The van der Waals surface area contributed by atoms with Gasteiger partial charge < -0.3 is 11.5 Å². The Kier molecular flexibility index (Phi) is 2.24. The van der Waals surface area contributed by atoms with E-state index in [-0.39, 0.29) is 18.4 Å². The number of hydrogen-bond donors (Lipinski definition) is 4. The molecule has 1 aliphatic heterocycles. The van der Waals surface area contributed by atoms with E-state index in [1.54, 1.807) is 0 Å². The summed E-state index contributed by atoms with van der Waals surface area (Å²) >= 11 is 0. The minimum Gasteiger partial charge on any atom is -0.351 e. The molecule has 0 aliphatic carbocycles. The molecule has 1 atom stereocenters. The number of rotatable bonds is 0. The Balaban J connectivity index is 2.58. The second-order valence-corrected chi connectivity index (χ2v) is 2.27. The summed E-state index contributed by atoms with van der Waals surface area (Å²) in [6, 6.07) is -1.42. The van der Waals surface area contributed by atoms with Crippen LogP contribution in [0.4, 0.5) is 4.79 Å². The molecule has 1 heterocycles. The molecule has 0 saturated carbocycles. The van der Waals surface area contributed by atoms with Crippen LogP contribution in [0.25, 0.3) is 0 Å². The van der Waals surface area contributed by atoms with Crippen LogP contribution in [0, 0.1) is 0 Å². The average Bonchev–Trinajstić information content (AvgIpc) is 1.96. The topological polar surface area (TPSA) is 123 Å². The van der Waals surface area contributed by atoms with Crippen molar-refractivity contribution in [3.8, 4) is 0 Å². The van der Waals surface area contributed by atoms with Gasteiger partial charge in [0.15, 0.2) is 0 Å². The Bertz CT molecular complexity index is 248. The number of nitrogens with two attached hydrogens (primary N) is 2. The maximum atomic E-state index is 10.9. The van der Waals surface area contributed by atoms with Crippen molar-refractivity contribution >= 4 is 17.9 Å². The summed E-state index contributed by atoms with van der Waals surface area (Å²) in [5.41, 5.74) is 10.1. The molecule has 0 spiro atoms. The summed E-state index contributed by atoms with van der Waals surface area (Å²) in [5.74, 6) is -0.331. The molecule has 0 saturated heterocycles. The summed E-state index contributed by atoms with van der Waals surface area (Å²) in [4.78, 5) is 24.9. The number of carbonyl (C=O) groups excluding carboxylic acids is 2. The van der Waals surface area contributed by atoms with E-state index >= 15 is 0 Å². The number of aliphatic imine (C=N–C) groups is 1. The number of hydrogen-bond acceptors (Lipinski definition) is 4. The Morgan fingerprint density at radius 3 is 2.92 bits per heavy atom. The molecule has 12 heavy (non-hydrogen) atoms. The van der Waals surface area contributed by atoms with E-state index in [4.69, 9.17) is 11.5 Å². The maximum absolute atomic E-state index is 10.9. The first kappa shape index (κ1) is 8.47. The van der Waals surface area contributed by atoms with Gasteiger partial charge in [-0.1, -0.05) is 0 Å². The molecular weight excluding hydrogens is 162 g/mol. The van der Waals surface area contributed by atoms with Gasteiger partial charge in [0.25, 0.3) is 0 Å². The largest absolute Gasteiger partial charge is 0.351 e. The van der Waals surface area contributed by atoms with E-state index < -0.39 is 12.1 Å². The van der Waals surface area contributed by atoms with E-state index in [9.17, 15) is 9.59 Å². The Morgan fingerprint density at radius 2 is 2.42 bits per heavy atom. The van der Waals surface area contributed by atoms with E-state index in [0.717, 1.165) is 0 Å². The van der Waals surface area contributed by atoms with Crippen LogP contribution in [-0.4, -0.2) is 30.5 Å². The molecule has 3 amide bonds. The highest BCUT2D eigenvalue weighted by Crippen LogP contribution is 1.88. The predicted molar refractivity (Wildman–Crippen MR) is 41.1 cm³/mol. The molecule has 0 aromatic heterocycles. The highest BCUT2D eigenvalue weighted by Gasteiger charge is 2.20. The van der Waals surface area contributed by atoms with Crippen molar-refractivity contribution in [3.05, 3.63) is 0 Å². The van der Waals surface area contributed by atoms with Crippen LogP contribution in [0.15, 0.2) is 4.99 Å². The summed E-state index contributed by atoms with van der Waals surface area (Å²) in [7, 11) is 0. The molecule has 66 valence electrons. The maximum Gasteiger partial charge on any atom is 0.318 e. The number of amides is 3. The number of primary amides is 1. The fraction of sp³-hybridized carbons (Fsp3) is 0.400.